The molecule has 0 unspecified atom stereocenters. The lowest BCUT2D eigenvalue weighted by Crippen LogP contribution is -2.03. The van der Waals surface area contributed by atoms with E-state index in [1.807, 2.05) is 24.3 Å². The van der Waals surface area contributed by atoms with Gasteiger partial charge >= 0.3 is 0 Å². The maximum absolute atomic E-state index is 12.0. The van der Waals surface area contributed by atoms with Crippen molar-refractivity contribution in [1.29, 1.82) is 0 Å². The molecule has 1 aliphatic heterocycles. The Bertz CT molecular complexity index is 754. The van der Waals surface area contributed by atoms with Crippen LogP contribution in [0.4, 0.5) is 5.69 Å². The van der Waals surface area contributed by atoms with Crippen molar-refractivity contribution < 1.29 is 9.90 Å². The Labute approximate surface area is 125 Å². The average molecular weight is 306 g/mol. The SMILES string of the molecule is O=C1Nc2ccccc2C1=Cc1cc(Cl)cc(Cl)c1O. The second-order valence-electron chi connectivity index (χ2n) is 4.38. The van der Waals surface area contributed by atoms with Gasteiger partial charge in [-0.05, 0) is 24.3 Å². The normalized spacial score (nSPS) is 15.3. The monoisotopic (exact) mass is 305 g/mol. The predicted molar refractivity (Wildman–Crippen MR) is 81.1 cm³/mol. The molecule has 5 heteroatoms. The molecule has 1 aliphatic rings. The van der Waals surface area contributed by atoms with Crippen LogP contribution < -0.4 is 5.32 Å². The largest absolute Gasteiger partial charge is 0.506 e. The fourth-order valence-corrected chi connectivity index (χ4v) is 2.64. The number of carbonyl (C=O) groups is 1. The van der Waals surface area contributed by atoms with E-state index in [1.54, 1.807) is 12.1 Å². The lowest BCUT2D eigenvalue weighted by molar-refractivity contribution is -0.110. The minimum atomic E-state index is -0.221. The van der Waals surface area contributed by atoms with Crippen molar-refractivity contribution in [3.05, 3.63) is 57.6 Å². The Morgan fingerprint density at radius 1 is 1.15 bits per heavy atom. The number of phenolic OH excluding ortho intramolecular Hbond substituents is 1. The minimum absolute atomic E-state index is 0.0965. The van der Waals surface area contributed by atoms with Crippen LogP contribution in [0.15, 0.2) is 36.4 Å². The number of hydrogen-bond acceptors (Lipinski definition) is 2. The number of benzene rings is 2. The van der Waals surface area contributed by atoms with E-state index in [-0.39, 0.29) is 16.7 Å². The van der Waals surface area contributed by atoms with Crippen LogP contribution in [0.1, 0.15) is 11.1 Å². The average Bonchev–Trinajstić information content (AvgIpc) is 2.72. The van der Waals surface area contributed by atoms with Crippen LogP contribution in [0, 0.1) is 0 Å². The summed E-state index contributed by atoms with van der Waals surface area (Å²) in [6.07, 6.45) is 1.58. The van der Waals surface area contributed by atoms with Gasteiger partial charge in [-0.15, -0.1) is 0 Å². The van der Waals surface area contributed by atoms with E-state index in [0.29, 0.717) is 16.2 Å². The van der Waals surface area contributed by atoms with Crippen LogP contribution in [0.3, 0.4) is 0 Å². The van der Waals surface area contributed by atoms with E-state index in [0.717, 1.165) is 11.3 Å². The van der Waals surface area contributed by atoms with Gasteiger partial charge in [0.05, 0.1) is 5.02 Å². The van der Waals surface area contributed by atoms with E-state index in [1.165, 1.54) is 6.07 Å². The lowest BCUT2D eigenvalue weighted by atomic mass is 10.0. The Morgan fingerprint density at radius 3 is 2.70 bits per heavy atom. The standard InChI is InChI=1S/C15H9Cl2NO2/c16-9-5-8(14(19)12(17)7-9)6-11-10-3-1-2-4-13(10)18-15(11)20/h1-7,19H,(H,18,20). The number of carbonyl (C=O) groups excluding carboxylic acids is 1. The first-order chi connectivity index (χ1) is 9.56. The van der Waals surface area contributed by atoms with Crippen molar-refractivity contribution >= 4 is 46.4 Å². The third kappa shape index (κ3) is 2.15. The maximum atomic E-state index is 12.0. The van der Waals surface area contributed by atoms with Gasteiger partial charge in [-0.1, -0.05) is 41.4 Å². The first-order valence-corrected chi connectivity index (χ1v) is 6.62. The number of phenols is 1. The van der Waals surface area contributed by atoms with Gasteiger partial charge < -0.3 is 10.4 Å². The molecule has 2 N–H and O–H groups in total. The van der Waals surface area contributed by atoms with Crippen molar-refractivity contribution in [2.24, 2.45) is 0 Å². The minimum Gasteiger partial charge on any atom is -0.506 e. The van der Waals surface area contributed by atoms with Crippen molar-refractivity contribution in [1.82, 2.24) is 0 Å². The number of amides is 1. The maximum Gasteiger partial charge on any atom is 0.256 e. The molecule has 100 valence electrons. The quantitative estimate of drug-likeness (QED) is 0.776. The van der Waals surface area contributed by atoms with Crippen molar-refractivity contribution in [3.8, 4) is 5.75 Å². The van der Waals surface area contributed by atoms with Crippen LogP contribution in [-0.2, 0) is 4.79 Å². The summed E-state index contributed by atoms with van der Waals surface area (Å²) in [5.41, 5.74) is 2.41. The third-order valence-corrected chi connectivity index (χ3v) is 3.57. The van der Waals surface area contributed by atoms with E-state index < -0.39 is 0 Å². The van der Waals surface area contributed by atoms with Crippen LogP contribution in [-0.4, -0.2) is 11.0 Å². The number of halogens is 2. The summed E-state index contributed by atoms with van der Waals surface area (Å²) in [4.78, 5) is 12.0. The molecular formula is C15H9Cl2NO2. The highest BCUT2D eigenvalue weighted by molar-refractivity contribution is 6.37. The molecule has 1 heterocycles. The van der Waals surface area contributed by atoms with Gasteiger partial charge in [0, 0.05) is 27.4 Å². The second kappa shape index (κ2) is 4.85. The van der Waals surface area contributed by atoms with Crippen LogP contribution >= 0.6 is 23.2 Å². The molecule has 3 rings (SSSR count). The zero-order valence-corrected chi connectivity index (χ0v) is 11.7. The Hall–Kier alpha value is -1.97. The highest BCUT2D eigenvalue weighted by Crippen LogP contribution is 2.37. The molecule has 0 spiro atoms. The molecule has 0 atom stereocenters. The molecule has 0 bridgehead atoms. The number of nitrogens with one attached hydrogen (secondary N) is 1. The number of aromatic hydroxyl groups is 1. The summed E-state index contributed by atoms with van der Waals surface area (Å²) in [5, 5.41) is 13.3. The molecule has 0 saturated carbocycles. The van der Waals surface area contributed by atoms with Gasteiger partial charge in [0.25, 0.3) is 5.91 Å². The number of rotatable bonds is 1. The Kier molecular flexibility index (Phi) is 3.16. The summed E-state index contributed by atoms with van der Waals surface area (Å²) in [5.74, 6) is -0.317. The molecule has 2 aromatic carbocycles. The smallest absolute Gasteiger partial charge is 0.256 e. The fourth-order valence-electron chi connectivity index (χ4n) is 2.13. The summed E-state index contributed by atoms with van der Waals surface area (Å²) >= 11 is 11.8. The number of para-hydroxylation sites is 1. The predicted octanol–water partition coefficient (Wildman–Crippen LogP) is 4.19. The van der Waals surface area contributed by atoms with Gasteiger partial charge in [-0.3, -0.25) is 4.79 Å². The number of anilines is 1. The first kappa shape index (κ1) is 13.0. The molecule has 20 heavy (non-hydrogen) atoms. The van der Waals surface area contributed by atoms with Crippen LogP contribution in [0.5, 0.6) is 5.75 Å². The highest BCUT2D eigenvalue weighted by Gasteiger charge is 2.23. The van der Waals surface area contributed by atoms with E-state index in [9.17, 15) is 9.90 Å². The van der Waals surface area contributed by atoms with E-state index in [2.05, 4.69) is 5.32 Å². The van der Waals surface area contributed by atoms with Gasteiger partial charge in [0.15, 0.2) is 0 Å². The van der Waals surface area contributed by atoms with Crippen molar-refractivity contribution in [2.75, 3.05) is 5.32 Å². The van der Waals surface area contributed by atoms with Crippen molar-refractivity contribution in [3.63, 3.8) is 0 Å². The summed E-state index contributed by atoms with van der Waals surface area (Å²) in [7, 11) is 0. The lowest BCUT2D eigenvalue weighted by Gasteiger charge is -2.04. The Balaban J connectivity index is 2.16. The summed E-state index contributed by atoms with van der Waals surface area (Å²) in [6.45, 7) is 0. The number of hydrogen-bond donors (Lipinski definition) is 2. The summed E-state index contributed by atoms with van der Waals surface area (Å²) in [6, 6.07) is 10.3. The first-order valence-electron chi connectivity index (χ1n) is 5.87. The van der Waals surface area contributed by atoms with Gasteiger partial charge in [-0.25, -0.2) is 0 Å². The van der Waals surface area contributed by atoms with Gasteiger partial charge in [-0.2, -0.15) is 0 Å². The van der Waals surface area contributed by atoms with Crippen LogP contribution in [0.2, 0.25) is 10.0 Å². The van der Waals surface area contributed by atoms with E-state index in [4.69, 9.17) is 23.2 Å². The Morgan fingerprint density at radius 2 is 1.90 bits per heavy atom. The second-order valence-corrected chi connectivity index (χ2v) is 5.23. The summed E-state index contributed by atoms with van der Waals surface area (Å²) < 4.78 is 0. The zero-order valence-electron chi connectivity index (χ0n) is 10.2. The zero-order chi connectivity index (χ0) is 14.3. The van der Waals surface area contributed by atoms with Gasteiger partial charge in [0.1, 0.15) is 5.75 Å². The van der Waals surface area contributed by atoms with Crippen LogP contribution in [0.25, 0.3) is 11.6 Å². The molecule has 0 radical (unpaired) electrons. The molecule has 3 nitrogen and oxygen atoms in total. The molecule has 0 fully saturated rings. The molecular weight excluding hydrogens is 297 g/mol. The molecule has 1 amide bonds. The fraction of sp³-hybridized carbons (Fsp3) is 0. The molecule has 0 aliphatic carbocycles. The van der Waals surface area contributed by atoms with Crippen molar-refractivity contribution in [2.45, 2.75) is 0 Å². The molecule has 0 saturated heterocycles. The number of fused-ring (bicyclic) bond motifs is 1. The van der Waals surface area contributed by atoms with Gasteiger partial charge in [0.2, 0.25) is 0 Å². The topological polar surface area (TPSA) is 49.3 Å². The molecule has 2 aromatic rings. The molecule has 0 aromatic heterocycles. The third-order valence-electron chi connectivity index (χ3n) is 3.07. The van der Waals surface area contributed by atoms with E-state index >= 15 is 0 Å². The highest BCUT2D eigenvalue weighted by atomic mass is 35.5.